The van der Waals surface area contributed by atoms with Gasteiger partial charge < -0.3 is 14.2 Å². The van der Waals surface area contributed by atoms with E-state index in [-0.39, 0.29) is 37.5 Å². The van der Waals surface area contributed by atoms with Crippen LogP contribution in [0.25, 0.3) is 0 Å². The molecule has 0 aliphatic rings. The molecule has 0 fully saturated rings. The van der Waals surface area contributed by atoms with Crippen molar-refractivity contribution < 1.29 is 28.6 Å². The van der Waals surface area contributed by atoms with Gasteiger partial charge in [0.2, 0.25) is 0 Å². The maximum atomic E-state index is 12.8. The molecule has 0 heterocycles. The molecule has 0 aliphatic heterocycles. The highest BCUT2D eigenvalue weighted by Gasteiger charge is 2.19. The third kappa shape index (κ3) is 53.4. The normalized spacial score (nSPS) is 12.7. The van der Waals surface area contributed by atoms with Crippen LogP contribution >= 0.6 is 0 Å². The fourth-order valence-corrected chi connectivity index (χ4v) is 7.71. The Morgan fingerprint density at radius 1 is 0.313 bits per heavy atom. The first-order valence-electron chi connectivity index (χ1n) is 28.1. The molecular formula is C61H104O6. The van der Waals surface area contributed by atoms with Crippen molar-refractivity contribution in [1.29, 1.82) is 0 Å². The summed E-state index contributed by atoms with van der Waals surface area (Å²) in [5.41, 5.74) is 0. The summed E-state index contributed by atoms with van der Waals surface area (Å²) in [6.45, 7) is 6.54. The van der Waals surface area contributed by atoms with E-state index in [4.69, 9.17) is 14.2 Å². The number of carbonyl (C=O) groups is 3. The molecule has 0 amide bonds. The van der Waals surface area contributed by atoms with Gasteiger partial charge in [-0.1, -0.05) is 254 Å². The van der Waals surface area contributed by atoms with E-state index in [2.05, 4.69) is 106 Å². The molecule has 0 bridgehead atoms. The zero-order valence-electron chi connectivity index (χ0n) is 43.9. The Kier molecular flexibility index (Phi) is 52.4. The average molecular weight is 933 g/mol. The number of ether oxygens (including phenoxy) is 3. The number of unbranched alkanes of at least 4 members (excludes halogenated alkanes) is 28. The van der Waals surface area contributed by atoms with Crippen molar-refractivity contribution in [2.45, 2.75) is 271 Å². The van der Waals surface area contributed by atoms with Gasteiger partial charge in [0.1, 0.15) is 13.2 Å². The zero-order valence-corrected chi connectivity index (χ0v) is 43.9. The summed E-state index contributed by atoms with van der Waals surface area (Å²) in [6, 6.07) is 0. The predicted molar refractivity (Wildman–Crippen MR) is 288 cm³/mol. The molecule has 0 saturated carbocycles. The molecule has 0 aromatic heterocycles. The highest BCUT2D eigenvalue weighted by Crippen LogP contribution is 2.15. The lowest BCUT2D eigenvalue weighted by Gasteiger charge is -2.18. The SMILES string of the molecule is CCCCC\C=C/C=C\C=C/C=C\CCCCCCCC(=O)OCC(COC(=O)CCCCCCCCCCCCCCCC)OC(=O)CCC/C=C\C/C=C\C/C=C\CCCCCCCC. The first-order chi connectivity index (χ1) is 33.0. The monoisotopic (exact) mass is 933 g/mol. The molecule has 6 heteroatoms. The molecule has 1 atom stereocenters. The Balaban J connectivity index is 4.51. The maximum absolute atomic E-state index is 12.8. The van der Waals surface area contributed by atoms with Crippen molar-refractivity contribution >= 4 is 17.9 Å². The Morgan fingerprint density at radius 3 is 1.04 bits per heavy atom. The lowest BCUT2D eigenvalue weighted by molar-refractivity contribution is -0.167. The standard InChI is InChI=1S/C61H104O6/c1-4-7-10-13-16-19-22-25-28-30-32-33-36-39-42-45-48-51-54-60(63)66-57-58(56-65-59(62)53-50-47-44-41-38-35-27-24-21-18-15-12-9-6-3)67-61(64)55-52-49-46-43-40-37-34-31-29-26-23-20-17-14-11-8-5-2/h16,19,22,25-26,28-30,32-34,37,43,46,58H,4-15,17-18,20-21,23-24,27,31,35-36,38-42,44-45,47-57H2,1-3H3/b19-16-,25-22-,29-26-,30-28-,33-32-,37-34-,46-43-. The van der Waals surface area contributed by atoms with Crippen LogP contribution in [0.1, 0.15) is 265 Å². The topological polar surface area (TPSA) is 78.9 Å². The van der Waals surface area contributed by atoms with Gasteiger partial charge in [-0.3, -0.25) is 14.4 Å². The van der Waals surface area contributed by atoms with Crippen molar-refractivity contribution in [3.05, 3.63) is 85.1 Å². The van der Waals surface area contributed by atoms with Crippen LogP contribution in [0, 0.1) is 0 Å². The van der Waals surface area contributed by atoms with Crippen LogP contribution in [-0.2, 0) is 28.6 Å². The Hall–Kier alpha value is -3.41. The Labute approximate surface area is 414 Å². The van der Waals surface area contributed by atoms with E-state index in [1.165, 1.54) is 135 Å². The fourth-order valence-electron chi connectivity index (χ4n) is 7.71. The van der Waals surface area contributed by atoms with Crippen LogP contribution < -0.4 is 0 Å². The minimum Gasteiger partial charge on any atom is -0.462 e. The molecule has 384 valence electrons. The smallest absolute Gasteiger partial charge is 0.306 e. The molecular weight excluding hydrogens is 829 g/mol. The number of hydrogen-bond donors (Lipinski definition) is 0. The Bertz CT molecular complexity index is 1300. The van der Waals surface area contributed by atoms with Crippen LogP contribution in [0.3, 0.4) is 0 Å². The van der Waals surface area contributed by atoms with E-state index in [1.54, 1.807) is 0 Å². The highest BCUT2D eigenvalue weighted by molar-refractivity contribution is 5.71. The van der Waals surface area contributed by atoms with Gasteiger partial charge >= 0.3 is 17.9 Å². The number of hydrogen-bond acceptors (Lipinski definition) is 6. The second kappa shape index (κ2) is 55.2. The van der Waals surface area contributed by atoms with E-state index < -0.39 is 6.10 Å². The van der Waals surface area contributed by atoms with E-state index in [0.717, 1.165) is 83.5 Å². The highest BCUT2D eigenvalue weighted by atomic mass is 16.6. The first kappa shape index (κ1) is 63.6. The third-order valence-corrected chi connectivity index (χ3v) is 12.0. The van der Waals surface area contributed by atoms with Crippen molar-refractivity contribution in [1.82, 2.24) is 0 Å². The van der Waals surface area contributed by atoms with E-state index in [1.807, 2.05) is 0 Å². The van der Waals surface area contributed by atoms with E-state index in [9.17, 15) is 14.4 Å². The minimum atomic E-state index is -0.812. The summed E-state index contributed by atoms with van der Waals surface area (Å²) in [7, 11) is 0. The van der Waals surface area contributed by atoms with Gasteiger partial charge in [-0.05, 0) is 77.0 Å². The molecule has 67 heavy (non-hydrogen) atoms. The first-order valence-corrected chi connectivity index (χ1v) is 28.1. The summed E-state index contributed by atoms with van der Waals surface area (Å²) in [5.74, 6) is -0.974. The molecule has 0 aliphatic carbocycles. The summed E-state index contributed by atoms with van der Waals surface area (Å²) < 4.78 is 16.8. The van der Waals surface area contributed by atoms with Crippen LogP contribution in [0.4, 0.5) is 0 Å². The number of carbonyl (C=O) groups excluding carboxylic acids is 3. The van der Waals surface area contributed by atoms with Gasteiger partial charge in [-0.15, -0.1) is 0 Å². The van der Waals surface area contributed by atoms with Crippen molar-refractivity contribution in [2.24, 2.45) is 0 Å². The van der Waals surface area contributed by atoms with Crippen LogP contribution in [0.5, 0.6) is 0 Å². The van der Waals surface area contributed by atoms with Gasteiger partial charge in [-0.2, -0.15) is 0 Å². The van der Waals surface area contributed by atoms with Crippen molar-refractivity contribution in [3.63, 3.8) is 0 Å². The second-order valence-corrected chi connectivity index (χ2v) is 18.6. The van der Waals surface area contributed by atoms with Crippen molar-refractivity contribution in [2.75, 3.05) is 13.2 Å². The van der Waals surface area contributed by atoms with Gasteiger partial charge in [-0.25, -0.2) is 0 Å². The fraction of sp³-hybridized carbons (Fsp3) is 0.721. The molecule has 0 rings (SSSR count). The quantitative estimate of drug-likeness (QED) is 0.0199. The summed E-state index contributed by atoms with van der Waals surface area (Å²) in [5, 5.41) is 0. The van der Waals surface area contributed by atoms with Crippen molar-refractivity contribution in [3.8, 4) is 0 Å². The van der Waals surface area contributed by atoms with E-state index >= 15 is 0 Å². The molecule has 0 aromatic carbocycles. The van der Waals surface area contributed by atoms with Gasteiger partial charge in [0.25, 0.3) is 0 Å². The third-order valence-electron chi connectivity index (χ3n) is 12.0. The second-order valence-electron chi connectivity index (χ2n) is 18.6. The Morgan fingerprint density at radius 2 is 0.612 bits per heavy atom. The lowest BCUT2D eigenvalue weighted by Crippen LogP contribution is -2.30. The number of rotatable bonds is 50. The van der Waals surface area contributed by atoms with Crippen LogP contribution in [0.2, 0.25) is 0 Å². The zero-order chi connectivity index (χ0) is 48.6. The lowest BCUT2D eigenvalue weighted by atomic mass is 10.0. The van der Waals surface area contributed by atoms with Crippen LogP contribution in [-0.4, -0.2) is 37.2 Å². The van der Waals surface area contributed by atoms with Gasteiger partial charge in [0.05, 0.1) is 0 Å². The molecule has 0 saturated heterocycles. The van der Waals surface area contributed by atoms with Gasteiger partial charge in [0.15, 0.2) is 6.10 Å². The molecule has 0 spiro atoms. The average Bonchev–Trinajstić information content (AvgIpc) is 3.33. The summed E-state index contributed by atoms with van der Waals surface area (Å²) >= 11 is 0. The van der Waals surface area contributed by atoms with Crippen LogP contribution in [0.15, 0.2) is 85.1 Å². The number of esters is 3. The predicted octanol–water partition coefficient (Wildman–Crippen LogP) is 18.8. The largest absolute Gasteiger partial charge is 0.462 e. The molecule has 0 radical (unpaired) electrons. The molecule has 1 unspecified atom stereocenters. The van der Waals surface area contributed by atoms with Gasteiger partial charge in [0, 0.05) is 19.3 Å². The maximum Gasteiger partial charge on any atom is 0.306 e. The molecule has 0 N–H and O–H groups in total. The molecule has 6 nitrogen and oxygen atoms in total. The minimum absolute atomic E-state index is 0.103. The number of allylic oxidation sites excluding steroid dienone is 14. The van der Waals surface area contributed by atoms with E-state index in [0.29, 0.717) is 19.3 Å². The molecule has 0 aromatic rings. The summed E-state index contributed by atoms with van der Waals surface area (Å²) in [6.07, 6.45) is 71.4. The summed E-state index contributed by atoms with van der Waals surface area (Å²) in [4.78, 5) is 38.1.